The van der Waals surface area contributed by atoms with Crippen LogP contribution in [0, 0.1) is 12.7 Å². The van der Waals surface area contributed by atoms with Crippen LogP contribution in [0.1, 0.15) is 16.7 Å². The third-order valence-electron chi connectivity index (χ3n) is 6.78. The van der Waals surface area contributed by atoms with Gasteiger partial charge in [0, 0.05) is 51.9 Å². The first-order chi connectivity index (χ1) is 16.4. The molecule has 3 aliphatic rings. The second-order valence-electron chi connectivity index (χ2n) is 9.16. The third kappa shape index (κ3) is 4.23. The van der Waals surface area contributed by atoms with Crippen LogP contribution in [-0.2, 0) is 17.9 Å². The topological polar surface area (TPSA) is 71.5 Å². The van der Waals surface area contributed by atoms with Crippen LogP contribution in [0.3, 0.4) is 0 Å². The van der Waals surface area contributed by atoms with E-state index in [0.717, 1.165) is 30.2 Å². The average Bonchev–Trinajstić information content (AvgIpc) is 3.19. The maximum Gasteiger partial charge on any atom is 0.325 e. The molecule has 9 heteroatoms. The van der Waals surface area contributed by atoms with Crippen LogP contribution >= 0.6 is 0 Å². The van der Waals surface area contributed by atoms with E-state index in [1.165, 1.54) is 11.0 Å². The van der Waals surface area contributed by atoms with Gasteiger partial charge in [-0.05, 0) is 18.6 Å². The predicted molar refractivity (Wildman–Crippen MR) is 126 cm³/mol. The van der Waals surface area contributed by atoms with Gasteiger partial charge < -0.3 is 14.7 Å². The second kappa shape index (κ2) is 9.06. The number of benzene rings is 2. The fourth-order valence-electron chi connectivity index (χ4n) is 4.92. The second-order valence-corrected chi connectivity index (χ2v) is 9.16. The van der Waals surface area contributed by atoms with Gasteiger partial charge in [0.2, 0.25) is 0 Å². The number of nitrogens with one attached hydrogen (secondary N) is 1. The van der Waals surface area contributed by atoms with Crippen LogP contribution < -0.4 is 5.32 Å². The Bertz CT molecular complexity index is 1130. The molecule has 0 aromatic heterocycles. The van der Waals surface area contributed by atoms with E-state index in [0.29, 0.717) is 31.7 Å². The van der Waals surface area contributed by atoms with E-state index < -0.39 is 18.2 Å². The van der Waals surface area contributed by atoms with Crippen molar-refractivity contribution in [2.75, 3.05) is 33.2 Å². The summed E-state index contributed by atoms with van der Waals surface area (Å²) in [4.78, 5) is 37.9. The van der Waals surface area contributed by atoms with Crippen molar-refractivity contribution >= 4 is 17.9 Å². The van der Waals surface area contributed by atoms with Gasteiger partial charge in [-0.2, -0.15) is 0 Å². The molecule has 8 nitrogen and oxygen atoms in total. The number of piperazine rings is 1. The zero-order chi connectivity index (χ0) is 23.8. The minimum absolute atomic E-state index is 0.183. The molecule has 3 aliphatic heterocycles. The van der Waals surface area contributed by atoms with Crippen molar-refractivity contribution in [2.45, 2.75) is 32.2 Å². The molecule has 34 heavy (non-hydrogen) atoms. The fraction of sp³-hybridized carbons (Fsp3) is 0.400. The van der Waals surface area contributed by atoms with Crippen molar-refractivity contribution in [3.63, 3.8) is 0 Å². The molecular weight excluding hydrogens is 435 g/mol. The number of likely N-dealkylation sites (N-methyl/N-ethyl adjacent to an activating group) is 1. The van der Waals surface area contributed by atoms with Gasteiger partial charge in [0.25, 0.3) is 5.91 Å². The fourth-order valence-corrected chi connectivity index (χ4v) is 4.92. The molecule has 0 saturated carbocycles. The number of carbonyl (C=O) groups excluding carboxylic acids is 2. The highest BCUT2D eigenvalue weighted by atomic mass is 19.1. The Morgan fingerprint density at radius 3 is 2.53 bits per heavy atom. The number of aryl methyl sites for hydroxylation is 1. The zero-order valence-electron chi connectivity index (χ0n) is 19.4. The molecule has 0 spiro atoms. The monoisotopic (exact) mass is 464 g/mol. The van der Waals surface area contributed by atoms with Gasteiger partial charge in [-0.1, -0.05) is 48.0 Å². The smallest absolute Gasteiger partial charge is 0.325 e. The van der Waals surface area contributed by atoms with Crippen LogP contribution in [0.4, 0.5) is 9.18 Å². The normalized spacial score (nSPS) is 23.1. The van der Waals surface area contributed by atoms with Gasteiger partial charge in [-0.25, -0.2) is 14.2 Å². The first kappa shape index (κ1) is 22.3. The molecule has 0 aliphatic carbocycles. The molecule has 3 heterocycles. The number of hydrogen-bond acceptors (Lipinski definition) is 6. The van der Waals surface area contributed by atoms with Gasteiger partial charge in [0.1, 0.15) is 5.82 Å². The number of imide groups is 1. The van der Waals surface area contributed by atoms with E-state index in [2.05, 4.69) is 21.2 Å². The number of fused-ring (bicyclic) bond motifs is 1. The Labute approximate surface area is 198 Å². The molecule has 178 valence electrons. The van der Waals surface area contributed by atoms with Gasteiger partial charge in [-0.3, -0.25) is 15.0 Å². The van der Waals surface area contributed by atoms with Crippen molar-refractivity contribution in [3.05, 3.63) is 71.0 Å². The summed E-state index contributed by atoms with van der Waals surface area (Å²) in [6.45, 7) is 6.04. The Balaban J connectivity index is 1.35. The van der Waals surface area contributed by atoms with E-state index in [1.54, 1.807) is 13.1 Å². The van der Waals surface area contributed by atoms with E-state index in [4.69, 9.17) is 4.99 Å². The lowest BCUT2D eigenvalue weighted by atomic mass is 10.1. The highest BCUT2D eigenvalue weighted by molar-refractivity contribution is 6.03. The molecule has 2 aromatic carbocycles. The quantitative estimate of drug-likeness (QED) is 0.750. The first-order valence-corrected chi connectivity index (χ1v) is 11.6. The highest BCUT2D eigenvalue weighted by Crippen LogP contribution is 2.28. The molecule has 2 unspecified atom stereocenters. The molecule has 2 saturated heterocycles. The molecule has 0 radical (unpaired) electrons. The number of halogens is 1. The Morgan fingerprint density at radius 1 is 1.03 bits per heavy atom. The third-order valence-corrected chi connectivity index (χ3v) is 6.78. The predicted octanol–water partition coefficient (Wildman–Crippen LogP) is 2.00. The van der Waals surface area contributed by atoms with Gasteiger partial charge in [0.15, 0.2) is 18.2 Å². The lowest BCUT2D eigenvalue weighted by Gasteiger charge is -2.40. The lowest BCUT2D eigenvalue weighted by Crippen LogP contribution is -2.64. The summed E-state index contributed by atoms with van der Waals surface area (Å²) in [5.74, 6) is 0.230. The number of amides is 3. The SMILES string of the molecule is Cc1cccc(CN2C(N3CCN(Cc4ccccc4F)CC3)=NC3C2C(=O)NC(=O)N3C)c1. The minimum atomic E-state index is -0.574. The lowest BCUT2D eigenvalue weighted by molar-refractivity contribution is -0.127. The molecule has 2 fully saturated rings. The summed E-state index contributed by atoms with van der Waals surface area (Å²) in [6, 6.07) is 14.1. The summed E-state index contributed by atoms with van der Waals surface area (Å²) in [6.07, 6.45) is -0.558. The average molecular weight is 465 g/mol. The van der Waals surface area contributed by atoms with Gasteiger partial charge in [0.05, 0.1) is 0 Å². The number of carbonyl (C=O) groups is 2. The number of aliphatic imine (C=N–C) groups is 1. The van der Waals surface area contributed by atoms with Crippen molar-refractivity contribution in [2.24, 2.45) is 4.99 Å². The van der Waals surface area contributed by atoms with Crippen molar-refractivity contribution in [3.8, 4) is 0 Å². The number of urea groups is 1. The Kier molecular flexibility index (Phi) is 5.95. The molecule has 2 atom stereocenters. The zero-order valence-corrected chi connectivity index (χ0v) is 19.4. The van der Waals surface area contributed by atoms with E-state index in [1.807, 2.05) is 42.2 Å². The number of guanidine groups is 1. The Morgan fingerprint density at radius 2 is 1.79 bits per heavy atom. The summed E-state index contributed by atoms with van der Waals surface area (Å²) in [7, 11) is 1.67. The van der Waals surface area contributed by atoms with E-state index in [9.17, 15) is 14.0 Å². The maximum absolute atomic E-state index is 14.1. The minimum Gasteiger partial charge on any atom is -0.340 e. The largest absolute Gasteiger partial charge is 0.340 e. The first-order valence-electron chi connectivity index (χ1n) is 11.6. The Hall–Kier alpha value is -3.46. The molecule has 2 aromatic rings. The van der Waals surface area contributed by atoms with Crippen LogP contribution in [0.5, 0.6) is 0 Å². The summed E-state index contributed by atoms with van der Waals surface area (Å²) in [5, 5.41) is 2.46. The number of rotatable bonds is 4. The number of hydrogen-bond donors (Lipinski definition) is 1. The standard InChI is InChI=1S/C25H29FN6O2/c1-17-6-5-7-18(14-17)15-32-21-22(29(2)25(34)28-23(21)33)27-24(32)31-12-10-30(11-13-31)16-19-8-3-4-9-20(19)26/h3-9,14,21-22H,10-13,15-16H2,1-2H3,(H,28,33,34). The van der Waals surface area contributed by atoms with Gasteiger partial charge >= 0.3 is 6.03 Å². The van der Waals surface area contributed by atoms with Crippen molar-refractivity contribution in [1.29, 1.82) is 0 Å². The molecule has 0 bridgehead atoms. The summed E-state index contributed by atoms with van der Waals surface area (Å²) < 4.78 is 14.1. The van der Waals surface area contributed by atoms with E-state index >= 15 is 0 Å². The van der Waals surface area contributed by atoms with Crippen LogP contribution in [0.2, 0.25) is 0 Å². The highest BCUT2D eigenvalue weighted by Gasteiger charge is 2.49. The van der Waals surface area contributed by atoms with Crippen molar-refractivity contribution in [1.82, 2.24) is 24.9 Å². The van der Waals surface area contributed by atoms with Crippen molar-refractivity contribution < 1.29 is 14.0 Å². The van der Waals surface area contributed by atoms with Crippen LogP contribution in [0.15, 0.2) is 53.5 Å². The van der Waals surface area contributed by atoms with E-state index in [-0.39, 0.29) is 11.7 Å². The van der Waals surface area contributed by atoms with Crippen LogP contribution in [-0.4, -0.2) is 82.9 Å². The summed E-state index contributed by atoms with van der Waals surface area (Å²) >= 11 is 0. The molecular formula is C25H29FN6O2. The molecule has 3 amide bonds. The van der Waals surface area contributed by atoms with Gasteiger partial charge in [-0.15, -0.1) is 0 Å². The maximum atomic E-state index is 14.1. The molecule has 5 rings (SSSR count). The van der Waals surface area contributed by atoms with Crippen LogP contribution in [0.25, 0.3) is 0 Å². The molecule has 1 N–H and O–H groups in total. The summed E-state index contributed by atoms with van der Waals surface area (Å²) in [5.41, 5.74) is 2.92. The number of nitrogens with zero attached hydrogens (tertiary/aromatic N) is 5.